The Hall–Kier alpha value is -1.64. The molecule has 0 saturated heterocycles. The van der Waals surface area contributed by atoms with Crippen LogP contribution < -0.4 is 4.72 Å². The minimum absolute atomic E-state index is 0.116. The normalized spacial score (nSPS) is 14.9. The number of carboxylic acids is 1. The van der Waals surface area contributed by atoms with Crippen molar-refractivity contribution < 1.29 is 18.3 Å². The highest BCUT2D eigenvalue weighted by Gasteiger charge is 2.31. The van der Waals surface area contributed by atoms with E-state index in [-0.39, 0.29) is 21.2 Å². The number of carboxylic acid groups (broad SMARTS) is 1. The third-order valence-corrected chi connectivity index (χ3v) is 5.32. The van der Waals surface area contributed by atoms with Gasteiger partial charge in [-0.25, -0.2) is 13.4 Å². The molecule has 0 aliphatic carbocycles. The van der Waals surface area contributed by atoms with E-state index < -0.39 is 22.0 Å². The van der Waals surface area contributed by atoms with Gasteiger partial charge in [0, 0.05) is 12.4 Å². The molecule has 0 amide bonds. The highest BCUT2D eigenvalue weighted by Crippen LogP contribution is 2.28. The van der Waals surface area contributed by atoms with Crippen molar-refractivity contribution in [2.24, 2.45) is 5.92 Å². The van der Waals surface area contributed by atoms with E-state index >= 15 is 0 Å². The van der Waals surface area contributed by atoms with E-state index in [4.69, 9.17) is 11.6 Å². The molecule has 0 fully saturated rings. The van der Waals surface area contributed by atoms with Crippen molar-refractivity contribution in [2.45, 2.75) is 31.2 Å². The van der Waals surface area contributed by atoms with Crippen molar-refractivity contribution in [3.63, 3.8) is 0 Å². The second-order valence-corrected chi connectivity index (χ2v) is 7.08. The molecule has 22 heavy (non-hydrogen) atoms. The summed E-state index contributed by atoms with van der Waals surface area (Å²) in [6.07, 6.45) is 3.22. The lowest BCUT2D eigenvalue weighted by molar-refractivity contribution is -0.140. The van der Waals surface area contributed by atoms with Gasteiger partial charge in [-0.05, 0) is 12.0 Å². The Morgan fingerprint density at radius 3 is 2.82 bits per heavy atom. The molecule has 2 atom stereocenters. The molecule has 2 aromatic heterocycles. The van der Waals surface area contributed by atoms with Crippen LogP contribution in [0.4, 0.5) is 0 Å². The minimum Gasteiger partial charge on any atom is -0.480 e. The van der Waals surface area contributed by atoms with Gasteiger partial charge in [0.2, 0.25) is 10.0 Å². The molecular weight excluding hydrogens is 330 g/mol. The van der Waals surface area contributed by atoms with Gasteiger partial charge in [0.25, 0.3) is 0 Å². The Kier molecular flexibility index (Phi) is 4.74. The number of aromatic nitrogens is 2. The Morgan fingerprint density at radius 2 is 2.23 bits per heavy atom. The molecule has 120 valence electrons. The molecule has 2 rings (SSSR count). The van der Waals surface area contributed by atoms with Gasteiger partial charge in [-0.3, -0.25) is 4.79 Å². The maximum absolute atomic E-state index is 12.5. The number of halogens is 1. The maximum atomic E-state index is 12.5. The van der Waals surface area contributed by atoms with E-state index in [0.29, 0.717) is 12.1 Å². The molecule has 2 heterocycles. The summed E-state index contributed by atoms with van der Waals surface area (Å²) in [6.45, 7) is 3.46. The molecule has 0 unspecified atom stereocenters. The van der Waals surface area contributed by atoms with Gasteiger partial charge in [0.1, 0.15) is 16.6 Å². The number of hydrogen-bond acceptors (Lipinski definition) is 4. The van der Waals surface area contributed by atoms with Crippen molar-refractivity contribution in [3.05, 3.63) is 23.5 Å². The summed E-state index contributed by atoms with van der Waals surface area (Å²) >= 11 is 6.03. The number of pyridine rings is 1. The van der Waals surface area contributed by atoms with Crippen LogP contribution >= 0.6 is 11.6 Å². The average molecular weight is 346 g/mol. The highest BCUT2D eigenvalue weighted by molar-refractivity contribution is 7.89. The largest absolute Gasteiger partial charge is 0.480 e. The summed E-state index contributed by atoms with van der Waals surface area (Å²) in [4.78, 5) is 17.9. The number of fused-ring (bicyclic) bond motifs is 1. The van der Waals surface area contributed by atoms with E-state index in [9.17, 15) is 18.3 Å². The summed E-state index contributed by atoms with van der Waals surface area (Å²) in [5, 5.41) is 9.70. The molecule has 0 bridgehead atoms. The zero-order valence-corrected chi connectivity index (χ0v) is 13.6. The highest BCUT2D eigenvalue weighted by atomic mass is 35.5. The standard InChI is InChI=1S/C13H16ClN3O4S/c1-3-7(2)11(13(18)19)17-22(20,21)9-6-16-12-10(9)8(14)4-5-15-12/h4-7,11,17H,3H2,1-2H3,(H,15,16)(H,18,19)/t7-,11-/m0/s1. The number of nitrogens with one attached hydrogen (secondary N) is 2. The zero-order valence-electron chi connectivity index (χ0n) is 12.0. The van der Waals surface area contributed by atoms with Crippen LogP contribution in [-0.2, 0) is 14.8 Å². The van der Waals surface area contributed by atoms with Gasteiger partial charge in [-0.2, -0.15) is 4.72 Å². The van der Waals surface area contributed by atoms with Gasteiger partial charge in [-0.1, -0.05) is 31.9 Å². The molecule has 9 heteroatoms. The first-order valence-electron chi connectivity index (χ1n) is 6.64. The van der Waals surface area contributed by atoms with Crippen LogP contribution in [0, 0.1) is 5.92 Å². The number of nitrogens with zero attached hydrogens (tertiary/aromatic N) is 1. The van der Waals surface area contributed by atoms with Crippen LogP contribution in [0.25, 0.3) is 11.0 Å². The predicted molar refractivity (Wildman–Crippen MR) is 82.3 cm³/mol. The smallest absolute Gasteiger partial charge is 0.322 e. The average Bonchev–Trinajstić information content (AvgIpc) is 2.90. The first kappa shape index (κ1) is 16.7. The van der Waals surface area contributed by atoms with Gasteiger partial charge < -0.3 is 10.1 Å². The minimum atomic E-state index is -4.05. The first-order chi connectivity index (χ1) is 10.3. The number of carbonyl (C=O) groups is 1. The Balaban J connectivity index is 2.47. The Bertz CT molecular complexity index is 803. The van der Waals surface area contributed by atoms with Crippen molar-refractivity contribution in [2.75, 3.05) is 0 Å². The Morgan fingerprint density at radius 1 is 1.55 bits per heavy atom. The fourth-order valence-electron chi connectivity index (χ4n) is 2.08. The first-order valence-corrected chi connectivity index (χ1v) is 8.50. The van der Waals surface area contributed by atoms with Crippen LogP contribution in [0.3, 0.4) is 0 Å². The third kappa shape index (κ3) is 3.08. The monoisotopic (exact) mass is 345 g/mol. The lowest BCUT2D eigenvalue weighted by atomic mass is 10.0. The van der Waals surface area contributed by atoms with Crippen LogP contribution in [0.2, 0.25) is 5.02 Å². The Labute approximate surface area is 132 Å². The fraction of sp³-hybridized carbons (Fsp3) is 0.385. The van der Waals surface area contributed by atoms with Crippen molar-refractivity contribution in [1.82, 2.24) is 14.7 Å². The number of aliphatic carboxylic acids is 1. The van der Waals surface area contributed by atoms with Gasteiger partial charge >= 0.3 is 5.97 Å². The number of hydrogen-bond donors (Lipinski definition) is 3. The molecule has 0 aromatic carbocycles. The molecule has 0 aliphatic rings. The van der Waals surface area contributed by atoms with Gasteiger partial charge in [0.05, 0.1) is 10.4 Å². The van der Waals surface area contributed by atoms with Crippen molar-refractivity contribution in [3.8, 4) is 0 Å². The predicted octanol–water partition coefficient (Wildman–Crippen LogP) is 1.99. The zero-order chi connectivity index (χ0) is 16.5. The van der Waals surface area contributed by atoms with Crippen LogP contribution in [0.15, 0.2) is 23.4 Å². The topological polar surface area (TPSA) is 112 Å². The lowest BCUT2D eigenvalue weighted by Gasteiger charge is -2.19. The lowest BCUT2D eigenvalue weighted by Crippen LogP contribution is -2.44. The number of rotatable bonds is 6. The molecule has 0 spiro atoms. The summed E-state index contributed by atoms with van der Waals surface area (Å²) in [6, 6.07) is 0.260. The second kappa shape index (κ2) is 6.23. The van der Waals surface area contributed by atoms with Crippen molar-refractivity contribution in [1.29, 1.82) is 0 Å². The van der Waals surface area contributed by atoms with E-state index in [2.05, 4.69) is 14.7 Å². The molecule has 7 nitrogen and oxygen atoms in total. The van der Waals surface area contributed by atoms with E-state index in [1.807, 2.05) is 0 Å². The van der Waals surface area contributed by atoms with E-state index in [0.717, 1.165) is 0 Å². The molecule has 0 aliphatic heterocycles. The maximum Gasteiger partial charge on any atom is 0.322 e. The molecule has 0 radical (unpaired) electrons. The van der Waals surface area contributed by atoms with Gasteiger partial charge in [-0.15, -0.1) is 0 Å². The number of H-pyrrole nitrogens is 1. The second-order valence-electron chi connectivity index (χ2n) is 4.99. The van der Waals surface area contributed by atoms with Gasteiger partial charge in [0.15, 0.2) is 0 Å². The fourth-order valence-corrected chi connectivity index (χ4v) is 3.86. The summed E-state index contributed by atoms with van der Waals surface area (Å²) in [5.41, 5.74) is 0.322. The quantitative estimate of drug-likeness (QED) is 0.741. The van der Waals surface area contributed by atoms with E-state index in [1.165, 1.54) is 18.5 Å². The van der Waals surface area contributed by atoms with Crippen molar-refractivity contribution >= 4 is 38.6 Å². The van der Waals surface area contributed by atoms with E-state index in [1.54, 1.807) is 13.8 Å². The molecule has 0 saturated carbocycles. The van der Waals surface area contributed by atoms with Crippen LogP contribution in [0.5, 0.6) is 0 Å². The summed E-state index contributed by atoms with van der Waals surface area (Å²) in [7, 11) is -4.05. The molecule has 2 aromatic rings. The summed E-state index contributed by atoms with van der Waals surface area (Å²) < 4.78 is 27.3. The summed E-state index contributed by atoms with van der Waals surface area (Å²) in [5.74, 6) is -1.58. The third-order valence-electron chi connectivity index (χ3n) is 3.54. The number of aromatic amines is 1. The molecule has 3 N–H and O–H groups in total. The molecular formula is C13H16ClN3O4S. The number of sulfonamides is 1. The SMILES string of the molecule is CC[C@H](C)[C@H](NS(=O)(=O)c1c[nH]c2nccc(Cl)c12)C(=O)O. The van der Waals surface area contributed by atoms with Crippen LogP contribution in [0.1, 0.15) is 20.3 Å². The van der Waals surface area contributed by atoms with Crippen LogP contribution in [-0.4, -0.2) is 35.5 Å².